The molecule has 0 heterocycles. The van der Waals surface area contributed by atoms with Crippen molar-refractivity contribution in [3.05, 3.63) is 59.7 Å². The molecule has 0 aliphatic carbocycles. The van der Waals surface area contributed by atoms with Crippen LogP contribution in [-0.2, 0) is 25.2 Å². The van der Waals surface area contributed by atoms with Crippen LogP contribution < -0.4 is 10.5 Å². The maximum absolute atomic E-state index is 12.7. The molecule has 0 saturated heterocycles. The van der Waals surface area contributed by atoms with Crippen LogP contribution in [0.1, 0.15) is 18.1 Å². The summed E-state index contributed by atoms with van der Waals surface area (Å²) in [6.45, 7) is 3.28. The Labute approximate surface area is 141 Å². The molecule has 0 unspecified atom stereocenters. The Balaban J connectivity index is 2.35. The van der Waals surface area contributed by atoms with E-state index in [1.54, 1.807) is 38.1 Å². The van der Waals surface area contributed by atoms with Gasteiger partial charge in [-0.2, -0.15) is 0 Å². The van der Waals surface area contributed by atoms with E-state index in [9.17, 15) is 13.2 Å². The SMILES string of the molecule is CO[C@](C)(C(=O)Nc1ccc(C)c(S(N)(=O)=O)c1)c1ccccc1. The van der Waals surface area contributed by atoms with E-state index in [1.165, 1.54) is 13.2 Å². The molecule has 0 radical (unpaired) electrons. The number of anilines is 1. The van der Waals surface area contributed by atoms with E-state index < -0.39 is 21.5 Å². The van der Waals surface area contributed by atoms with Gasteiger partial charge in [-0.15, -0.1) is 0 Å². The van der Waals surface area contributed by atoms with Crippen LogP contribution in [0, 0.1) is 6.92 Å². The van der Waals surface area contributed by atoms with E-state index in [2.05, 4.69) is 5.32 Å². The van der Waals surface area contributed by atoms with Gasteiger partial charge < -0.3 is 10.1 Å². The van der Waals surface area contributed by atoms with Crippen LogP contribution in [0.25, 0.3) is 0 Å². The molecule has 0 spiro atoms. The van der Waals surface area contributed by atoms with Gasteiger partial charge in [0.15, 0.2) is 5.60 Å². The average molecular weight is 348 g/mol. The molecule has 1 atom stereocenters. The minimum Gasteiger partial charge on any atom is -0.364 e. The van der Waals surface area contributed by atoms with Crippen LogP contribution in [0.2, 0.25) is 0 Å². The molecular formula is C17H20N2O4S. The molecule has 0 aliphatic heterocycles. The number of rotatable bonds is 5. The van der Waals surface area contributed by atoms with Crippen molar-refractivity contribution in [2.24, 2.45) is 5.14 Å². The molecule has 0 saturated carbocycles. The minimum absolute atomic E-state index is 0.0286. The number of sulfonamides is 1. The second-order valence-electron chi connectivity index (χ2n) is 5.58. The van der Waals surface area contributed by atoms with Crippen LogP contribution >= 0.6 is 0 Å². The van der Waals surface area contributed by atoms with Crippen molar-refractivity contribution in [1.29, 1.82) is 0 Å². The average Bonchev–Trinajstić information content (AvgIpc) is 2.55. The largest absolute Gasteiger partial charge is 0.364 e. The predicted octanol–water partition coefficient (Wildman–Crippen LogP) is 2.14. The first-order chi connectivity index (χ1) is 11.2. The Morgan fingerprint density at radius 2 is 1.79 bits per heavy atom. The molecule has 7 heteroatoms. The molecule has 1 amide bonds. The smallest absolute Gasteiger partial charge is 0.260 e. The van der Waals surface area contributed by atoms with E-state index in [-0.39, 0.29) is 4.90 Å². The summed E-state index contributed by atoms with van der Waals surface area (Å²) < 4.78 is 28.6. The number of nitrogens with two attached hydrogens (primary N) is 1. The quantitative estimate of drug-likeness (QED) is 0.865. The lowest BCUT2D eigenvalue weighted by molar-refractivity contribution is -0.136. The zero-order chi connectivity index (χ0) is 18.0. The summed E-state index contributed by atoms with van der Waals surface area (Å²) in [7, 11) is -2.43. The number of aryl methyl sites for hydroxylation is 1. The molecule has 2 rings (SSSR count). The van der Waals surface area contributed by atoms with E-state index in [1.807, 2.05) is 18.2 Å². The number of carbonyl (C=O) groups is 1. The molecule has 3 N–H and O–H groups in total. The number of methoxy groups -OCH3 is 1. The normalized spacial score (nSPS) is 14.0. The van der Waals surface area contributed by atoms with Gasteiger partial charge in [-0.25, -0.2) is 13.6 Å². The van der Waals surface area contributed by atoms with Gasteiger partial charge in [-0.1, -0.05) is 36.4 Å². The van der Waals surface area contributed by atoms with E-state index in [0.29, 0.717) is 16.8 Å². The van der Waals surface area contributed by atoms with Gasteiger partial charge in [0.1, 0.15) is 0 Å². The number of carbonyl (C=O) groups excluding carboxylic acids is 1. The van der Waals surface area contributed by atoms with Crippen LogP contribution in [0.5, 0.6) is 0 Å². The van der Waals surface area contributed by atoms with Crippen molar-refractivity contribution in [3.63, 3.8) is 0 Å². The molecule has 128 valence electrons. The Bertz CT molecular complexity index is 850. The van der Waals surface area contributed by atoms with Crippen LogP contribution in [0.15, 0.2) is 53.4 Å². The van der Waals surface area contributed by atoms with Gasteiger partial charge in [-0.3, -0.25) is 4.79 Å². The topological polar surface area (TPSA) is 98.5 Å². The molecule has 24 heavy (non-hydrogen) atoms. The third kappa shape index (κ3) is 3.64. The highest BCUT2D eigenvalue weighted by Gasteiger charge is 2.35. The zero-order valence-electron chi connectivity index (χ0n) is 13.7. The summed E-state index contributed by atoms with van der Waals surface area (Å²) in [6, 6.07) is 13.6. The summed E-state index contributed by atoms with van der Waals surface area (Å²) in [4.78, 5) is 12.7. The maximum atomic E-state index is 12.7. The van der Waals surface area contributed by atoms with Gasteiger partial charge in [0.2, 0.25) is 10.0 Å². The molecule has 6 nitrogen and oxygen atoms in total. The van der Waals surface area contributed by atoms with Crippen molar-refractivity contribution in [3.8, 4) is 0 Å². The molecule has 0 aliphatic rings. The lowest BCUT2D eigenvalue weighted by Gasteiger charge is -2.27. The monoisotopic (exact) mass is 348 g/mol. The number of nitrogens with one attached hydrogen (secondary N) is 1. The number of hydrogen-bond donors (Lipinski definition) is 2. The Hall–Kier alpha value is -2.22. The van der Waals surface area contributed by atoms with Crippen molar-refractivity contribution < 1.29 is 17.9 Å². The number of primary sulfonamides is 1. The van der Waals surface area contributed by atoms with E-state index in [4.69, 9.17) is 9.88 Å². The summed E-state index contributed by atoms with van der Waals surface area (Å²) >= 11 is 0. The third-order valence-electron chi connectivity index (χ3n) is 3.92. The van der Waals surface area contributed by atoms with Crippen molar-refractivity contribution >= 4 is 21.6 Å². The number of ether oxygens (including phenoxy) is 1. The van der Waals surface area contributed by atoms with Gasteiger partial charge in [-0.05, 0) is 37.1 Å². The van der Waals surface area contributed by atoms with E-state index >= 15 is 0 Å². The standard InChI is InChI=1S/C17H20N2O4S/c1-12-9-10-14(11-15(12)24(18,21)22)19-16(20)17(2,23-3)13-7-5-4-6-8-13/h4-11H,1-3H3,(H,19,20)(H2,18,21,22)/t17-/m0/s1. The molecule has 0 fully saturated rings. The first-order valence-corrected chi connectivity index (χ1v) is 8.78. The molecule has 0 aromatic heterocycles. The second kappa shape index (κ2) is 6.72. The fourth-order valence-corrected chi connectivity index (χ4v) is 3.14. The molecular weight excluding hydrogens is 328 g/mol. The van der Waals surface area contributed by atoms with Gasteiger partial charge in [0.05, 0.1) is 4.90 Å². The van der Waals surface area contributed by atoms with Crippen molar-refractivity contribution in [2.45, 2.75) is 24.3 Å². The lowest BCUT2D eigenvalue weighted by atomic mass is 9.94. The summed E-state index contributed by atoms with van der Waals surface area (Å²) in [5, 5.41) is 7.88. The lowest BCUT2D eigenvalue weighted by Crippen LogP contribution is -2.39. The highest BCUT2D eigenvalue weighted by atomic mass is 32.2. The maximum Gasteiger partial charge on any atom is 0.260 e. The van der Waals surface area contributed by atoms with Crippen LogP contribution in [0.4, 0.5) is 5.69 Å². The van der Waals surface area contributed by atoms with Crippen LogP contribution in [0.3, 0.4) is 0 Å². The Kier molecular flexibility index (Phi) is 5.08. The minimum atomic E-state index is -3.87. The fraction of sp³-hybridized carbons (Fsp3) is 0.235. The van der Waals surface area contributed by atoms with Gasteiger partial charge in [0.25, 0.3) is 5.91 Å². The second-order valence-corrected chi connectivity index (χ2v) is 7.11. The molecule has 0 bridgehead atoms. The van der Waals surface area contributed by atoms with Crippen molar-refractivity contribution in [1.82, 2.24) is 0 Å². The highest BCUT2D eigenvalue weighted by molar-refractivity contribution is 7.89. The summed E-state index contributed by atoms with van der Waals surface area (Å²) in [5.74, 6) is -0.416. The predicted molar refractivity (Wildman–Crippen MR) is 92.0 cm³/mol. The number of hydrogen-bond acceptors (Lipinski definition) is 4. The number of benzene rings is 2. The Morgan fingerprint density at radius 3 is 2.33 bits per heavy atom. The summed E-state index contributed by atoms with van der Waals surface area (Å²) in [6.07, 6.45) is 0. The van der Waals surface area contributed by atoms with Gasteiger partial charge in [0, 0.05) is 12.8 Å². The summed E-state index contributed by atoms with van der Waals surface area (Å²) in [5.41, 5.74) is 0.305. The zero-order valence-corrected chi connectivity index (χ0v) is 14.6. The van der Waals surface area contributed by atoms with Crippen molar-refractivity contribution in [2.75, 3.05) is 12.4 Å². The highest BCUT2D eigenvalue weighted by Crippen LogP contribution is 2.27. The molecule has 2 aromatic carbocycles. The Morgan fingerprint density at radius 1 is 1.17 bits per heavy atom. The number of amides is 1. The van der Waals surface area contributed by atoms with Crippen LogP contribution in [-0.4, -0.2) is 21.4 Å². The van der Waals surface area contributed by atoms with E-state index in [0.717, 1.165) is 0 Å². The molecule has 2 aromatic rings. The fourth-order valence-electron chi connectivity index (χ4n) is 2.33. The van der Waals surface area contributed by atoms with Gasteiger partial charge >= 0.3 is 0 Å². The third-order valence-corrected chi connectivity index (χ3v) is 4.97. The first-order valence-electron chi connectivity index (χ1n) is 7.24. The first kappa shape index (κ1) is 18.1.